The van der Waals surface area contributed by atoms with Crippen LogP contribution in [0.3, 0.4) is 0 Å². The second-order valence-corrected chi connectivity index (χ2v) is 6.16. The lowest BCUT2D eigenvalue weighted by Crippen LogP contribution is -2.42. The van der Waals surface area contributed by atoms with Crippen molar-refractivity contribution in [2.24, 2.45) is 5.92 Å². The van der Waals surface area contributed by atoms with Crippen molar-refractivity contribution >= 4 is 0 Å². The van der Waals surface area contributed by atoms with Crippen molar-refractivity contribution in [3.63, 3.8) is 0 Å². The minimum Gasteiger partial charge on any atom is -0.376 e. The van der Waals surface area contributed by atoms with Crippen molar-refractivity contribution in [1.29, 1.82) is 0 Å². The number of benzene rings is 1. The van der Waals surface area contributed by atoms with E-state index < -0.39 is 0 Å². The first-order valence-electron chi connectivity index (χ1n) is 7.74. The fourth-order valence-electron chi connectivity index (χ4n) is 3.16. The van der Waals surface area contributed by atoms with Crippen LogP contribution < -0.4 is 5.32 Å². The van der Waals surface area contributed by atoms with Crippen molar-refractivity contribution in [3.05, 3.63) is 35.9 Å². The highest BCUT2D eigenvalue weighted by Gasteiger charge is 2.40. The largest absolute Gasteiger partial charge is 0.376 e. The number of rotatable bonds is 6. The molecule has 1 saturated carbocycles. The third-order valence-electron chi connectivity index (χ3n) is 4.43. The number of nitrogens with one attached hydrogen (secondary N) is 1. The van der Waals surface area contributed by atoms with Crippen LogP contribution in [0, 0.1) is 5.92 Å². The quantitative estimate of drug-likeness (QED) is 0.847. The van der Waals surface area contributed by atoms with Gasteiger partial charge in [-0.15, -0.1) is 0 Å². The summed E-state index contributed by atoms with van der Waals surface area (Å²) >= 11 is 0. The van der Waals surface area contributed by atoms with Gasteiger partial charge in [0.2, 0.25) is 0 Å². The lowest BCUT2D eigenvalue weighted by molar-refractivity contribution is 0.0791. The van der Waals surface area contributed by atoms with E-state index in [0.717, 1.165) is 18.9 Å². The molecule has 19 heavy (non-hydrogen) atoms. The van der Waals surface area contributed by atoms with Crippen molar-refractivity contribution in [3.8, 4) is 0 Å². The normalized spacial score (nSPS) is 28.5. The zero-order valence-corrected chi connectivity index (χ0v) is 11.8. The minimum absolute atomic E-state index is 0.499. The average Bonchev–Trinajstić information content (AvgIpc) is 3.18. The van der Waals surface area contributed by atoms with Gasteiger partial charge in [-0.25, -0.2) is 0 Å². The van der Waals surface area contributed by atoms with Crippen LogP contribution in [-0.2, 0) is 11.2 Å². The molecule has 3 rings (SSSR count). The molecule has 3 unspecified atom stereocenters. The predicted octanol–water partition coefficient (Wildman–Crippen LogP) is 3.16. The van der Waals surface area contributed by atoms with Crippen LogP contribution in [0.15, 0.2) is 30.3 Å². The topological polar surface area (TPSA) is 21.3 Å². The average molecular weight is 259 g/mol. The van der Waals surface area contributed by atoms with E-state index in [9.17, 15) is 0 Å². The maximum Gasteiger partial charge on any atom is 0.0757 e. The van der Waals surface area contributed by atoms with Gasteiger partial charge in [-0.2, -0.15) is 0 Å². The smallest absolute Gasteiger partial charge is 0.0757 e. The minimum atomic E-state index is 0.499. The van der Waals surface area contributed by atoms with E-state index in [4.69, 9.17) is 4.74 Å². The summed E-state index contributed by atoms with van der Waals surface area (Å²) in [4.78, 5) is 0. The van der Waals surface area contributed by atoms with E-state index >= 15 is 0 Å². The summed E-state index contributed by atoms with van der Waals surface area (Å²) in [5.74, 6) is 0.848. The summed E-state index contributed by atoms with van der Waals surface area (Å²) in [7, 11) is 0. The van der Waals surface area contributed by atoms with Crippen molar-refractivity contribution in [1.82, 2.24) is 5.32 Å². The monoisotopic (exact) mass is 259 g/mol. The first-order valence-corrected chi connectivity index (χ1v) is 7.74. The fourth-order valence-corrected chi connectivity index (χ4v) is 3.16. The van der Waals surface area contributed by atoms with Gasteiger partial charge in [0.1, 0.15) is 0 Å². The van der Waals surface area contributed by atoms with E-state index in [2.05, 4.69) is 42.6 Å². The molecule has 2 fully saturated rings. The van der Waals surface area contributed by atoms with E-state index in [-0.39, 0.29) is 0 Å². The summed E-state index contributed by atoms with van der Waals surface area (Å²) in [6.45, 7) is 3.26. The molecule has 2 nitrogen and oxygen atoms in total. The molecule has 0 amide bonds. The molecule has 1 saturated heterocycles. The molecule has 0 aromatic heterocycles. The van der Waals surface area contributed by atoms with Gasteiger partial charge in [-0.05, 0) is 50.5 Å². The molecule has 104 valence electrons. The van der Waals surface area contributed by atoms with E-state index in [1.807, 2.05) is 0 Å². The molecule has 0 spiro atoms. The molecule has 3 atom stereocenters. The summed E-state index contributed by atoms with van der Waals surface area (Å²) in [5.41, 5.74) is 1.44. The summed E-state index contributed by atoms with van der Waals surface area (Å²) in [5, 5.41) is 3.80. The maximum absolute atomic E-state index is 5.89. The molecule has 1 aliphatic heterocycles. The van der Waals surface area contributed by atoms with Crippen LogP contribution in [0.1, 0.15) is 38.2 Å². The standard InChI is InChI=1S/C17H25NO/c1-13(7-8-14-5-3-2-4-6-14)18-16-11-12-19-17(16)15-9-10-15/h2-6,13,15-18H,7-12H2,1H3. The molecule has 1 aromatic rings. The van der Waals surface area contributed by atoms with Gasteiger partial charge in [0.05, 0.1) is 6.10 Å². The number of hydrogen-bond donors (Lipinski definition) is 1. The molecule has 0 radical (unpaired) electrons. The van der Waals surface area contributed by atoms with Crippen LogP contribution >= 0.6 is 0 Å². The third-order valence-corrected chi connectivity index (χ3v) is 4.43. The molecule has 1 N–H and O–H groups in total. The second kappa shape index (κ2) is 6.06. The van der Waals surface area contributed by atoms with E-state index in [1.54, 1.807) is 0 Å². The Hall–Kier alpha value is -0.860. The Morgan fingerprint density at radius 2 is 2.00 bits per heavy atom. The molecule has 1 heterocycles. The van der Waals surface area contributed by atoms with E-state index in [0.29, 0.717) is 18.2 Å². The summed E-state index contributed by atoms with van der Waals surface area (Å²) in [6.07, 6.45) is 6.81. The Labute approximate surface area is 116 Å². The van der Waals surface area contributed by atoms with Crippen LogP contribution in [0.5, 0.6) is 0 Å². The first kappa shape index (κ1) is 13.1. The summed E-state index contributed by atoms with van der Waals surface area (Å²) in [6, 6.07) is 12.0. The van der Waals surface area contributed by atoms with Gasteiger partial charge in [-0.3, -0.25) is 0 Å². The summed E-state index contributed by atoms with van der Waals surface area (Å²) < 4.78 is 5.89. The Balaban J connectivity index is 1.44. The van der Waals surface area contributed by atoms with Crippen molar-refractivity contribution in [2.45, 2.75) is 57.2 Å². The zero-order chi connectivity index (χ0) is 13.1. The van der Waals surface area contributed by atoms with Crippen LogP contribution in [0.4, 0.5) is 0 Å². The molecule has 2 aliphatic rings. The Morgan fingerprint density at radius 3 is 2.74 bits per heavy atom. The zero-order valence-electron chi connectivity index (χ0n) is 11.8. The van der Waals surface area contributed by atoms with Gasteiger partial charge in [0, 0.05) is 18.7 Å². The molecule has 1 aliphatic carbocycles. The molecular formula is C17H25NO. The number of ether oxygens (including phenoxy) is 1. The fraction of sp³-hybridized carbons (Fsp3) is 0.647. The van der Waals surface area contributed by atoms with Crippen LogP contribution in [0.2, 0.25) is 0 Å². The lowest BCUT2D eigenvalue weighted by atomic mass is 10.0. The van der Waals surface area contributed by atoms with Crippen LogP contribution in [0.25, 0.3) is 0 Å². The highest BCUT2D eigenvalue weighted by atomic mass is 16.5. The number of hydrogen-bond acceptors (Lipinski definition) is 2. The molecule has 2 heteroatoms. The van der Waals surface area contributed by atoms with Gasteiger partial charge in [-0.1, -0.05) is 30.3 Å². The Bertz CT molecular complexity index is 388. The van der Waals surface area contributed by atoms with Gasteiger partial charge in [0.25, 0.3) is 0 Å². The Morgan fingerprint density at radius 1 is 1.21 bits per heavy atom. The highest BCUT2D eigenvalue weighted by molar-refractivity contribution is 5.14. The predicted molar refractivity (Wildman–Crippen MR) is 78.2 cm³/mol. The second-order valence-electron chi connectivity index (χ2n) is 6.16. The van der Waals surface area contributed by atoms with Gasteiger partial charge >= 0.3 is 0 Å². The SMILES string of the molecule is CC(CCc1ccccc1)NC1CCOC1C1CC1. The first-order chi connectivity index (χ1) is 9.33. The third kappa shape index (κ3) is 3.58. The molecular weight excluding hydrogens is 234 g/mol. The number of aryl methyl sites for hydroxylation is 1. The van der Waals surface area contributed by atoms with E-state index in [1.165, 1.54) is 31.2 Å². The molecule has 1 aromatic carbocycles. The van der Waals surface area contributed by atoms with Gasteiger partial charge < -0.3 is 10.1 Å². The maximum atomic E-state index is 5.89. The van der Waals surface area contributed by atoms with Gasteiger partial charge in [0.15, 0.2) is 0 Å². The Kier molecular flexibility index (Phi) is 4.19. The van der Waals surface area contributed by atoms with Crippen molar-refractivity contribution in [2.75, 3.05) is 6.61 Å². The lowest BCUT2D eigenvalue weighted by Gasteiger charge is -2.24. The van der Waals surface area contributed by atoms with Crippen LogP contribution in [-0.4, -0.2) is 24.8 Å². The molecule has 0 bridgehead atoms. The van der Waals surface area contributed by atoms with Crippen molar-refractivity contribution < 1.29 is 4.74 Å². The highest BCUT2D eigenvalue weighted by Crippen LogP contribution is 2.38.